The molecule has 0 spiro atoms. The molecule has 0 atom stereocenters. The standard InChI is InChI=1S/C41H48F3N5O7S/c1-3-49(4-2)33-11-12-35(34(22-33)36-21-31(13-15-45-36)38(54)46-23-28-7-6-10-32(20-28)41(42,43)44)47-39(55)30-9-5-8-29(19-30)24-57-18-17-56-16-14-37(53)48-40(25-50,26-51)27-52/h5-13,15,19-22,50-52H,3-4,14,16-18,23-27H2,1-2H3,(H,46,54)(H,47,55)(H,48,53). The third-order valence-electron chi connectivity index (χ3n) is 9.00. The van der Waals surface area contributed by atoms with Crippen molar-refractivity contribution < 1.29 is 47.6 Å². The van der Waals surface area contributed by atoms with E-state index in [1.54, 1.807) is 42.1 Å². The number of thioether (sulfide) groups is 1. The smallest absolute Gasteiger partial charge is 0.394 e. The summed E-state index contributed by atoms with van der Waals surface area (Å²) < 4.78 is 45.1. The molecule has 0 aliphatic heterocycles. The molecule has 4 rings (SSSR count). The molecule has 1 heterocycles. The first-order valence-electron chi connectivity index (χ1n) is 18.3. The monoisotopic (exact) mass is 811 g/mol. The molecule has 306 valence electrons. The third kappa shape index (κ3) is 13.0. The highest BCUT2D eigenvalue weighted by atomic mass is 32.2. The first-order chi connectivity index (χ1) is 27.3. The van der Waals surface area contributed by atoms with E-state index in [1.165, 1.54) is 24.4 Å². The van der Waals surface area contributed by atoms with Crippen LogP contribution in [0.15, 0.2) is 85.1 Å². The number of aliphatic hydroxyl groups excluding tert-OH is 3. The number of hydrogen-bond acceptors (Lipinski definition) is 10. The lowest BCUT2D eigenvalue weighted by Crippen LogP contribution is -2.57. The molecule has 6 N–H and O–H groups in total. The second-order valence-electron chi connectivity index (χ2n) is 13.1. The van der Waals surface area contributed by atoms with Crippen molar-refractivity contribution >= 4 is 40.9 Å². The minimum Gasteiger partial charge on any atom is -0.394 e. The summed E-state index contributed by atoms with van der Waals surface area (Å²) in [6.07, 6.45) is -3.04. The van der Waals surface area contributed by atoms with Crippen molar-refractivity contribution in [2.24, 2.45) is 0 Å². The molecule has 0 radical (unpaired) electrons. The van der Waals surface area contributed by atoms with Crippen molar-refractivity contribution in [3.8, 4) is 11.3 Å². The molecule has 0 saturated heterocycles. The van der Waals surface area contributed by atoms with Gasteiger partial charge < -0.3 is 40.9 Å². The molecule has 16 heteroatoms. The zero-order valence-electron chi connectivity index (χ0n) is 31.8. The lowest BCUT2D eigenvalue weighted by molar-refractivity contribution is -0.137. The van der Waals surface area contributed by atoms with Crippen LogP contribution in [0.2, 0.25) is 0 Å². The summed E-state index contributed by atoms with van der Waals surface area (Å²) in [7, 11) is 0. The van der Waals surface area contributed by atoms with Gasteiger partial charge in [0.15, 0.2) is 0 Å². The molecular formula is C41H48F3N5O7S. The van der Waals surface area contributed by atoms with Gasteiger partial charge in [0.1, 0.15) is 5.54 Å². The van der Waals surface area contributed by atoms with Gasteiger partial charge in [-0.15, -0.1) is 0 Å². The van der Waals surface area contributed by atoms with Gasteiger partial charge in [-0.1, -0.05) is 24.3 Å². The van der Waals surface area contributed by atoms with Crippen molar-refractivity contribution in [2.45, 2.75) is 44.3 Å². The zero-order valence-corrected chi connectivity index (χ0v) is 32.6. The Morgan fingerprint density at radius 1 is 0.825 bits per heavy atom. The van der Waals surface area contributed by atoms with Gasteiger partial charge >= 0.3 is 6.18 Å². The predicted molar refractivity (Wildman–Crippen MR) is 214 cm³/mol. The maximum Gasteiger partial charge on any atom is 0.416 e. The third-order valence-corrected chi connectivity index (χ3v) is 9.99. The Hall–Kier alpha value is -5.00. The molecule has 4 aromatic rings. The topological polar surface area (TPSA) is 173 Å². The summed E-state index contributed by atoms with van der Waals surface area (Å²) in [4.78, 5) is 45.6. The quantitative estimate of drug-likeness (QED) is 0.0610. The van der Waals surface area contributed by atoms with E-state index in [-0.39, 0.29) is 31.0 Å². The number of anilines is 2. The summed E-state index contributed by atoms with van der Waals surface area (Å²) >= 11 is 1.58. The van der Waals surface area contributed by atoms with E-state index in [0.717, 1.165) is 36.5 Å². The van der Waals surface area contributed by atoms with Crippen LogP contribution in [0.25, 0.3) is 11.3 Å². The fraction of sp³-hybridized carbons (Fsp3) is 0.366. The highest BCUT2D eigenvalue weighted by Gasteiger charge is 2.31. The van der Waals surface area contributed by atoms with Gasteiger partial charge in [0.25, 0.3) is 11.8 Å². The van der Waals surface area contributed by atoms with Gasteiger partial charge in [0.2, 0.25) is 5.91 Å². The number of nitrogens with zero attached hydrogens (tertiary/aromatic N) is 2. The van der Waals surface area contributed by atoms with Gasteiger partial charge in [0.05, 0.1) is 50.0 Å². The molecule has 0 saturated carbocycles. The van der Waals surface area contributed by atoms with Crippen molar-refractivity contribution in [3.05, 3.63) is 113 Å². The van der Waals surface area contributed by atoms with Crippen LogP contribution in [0.4, 0.5) is 24.5 Å². The Kier molecular flexibility index (Phi) is 16.9. The molecule has 0 bridgehead atoms. The molecule has 12 nitrogen and oxygen atoms in total. The SMILES string of the molecule is CCN(CC)c1ccc(NC(=O)c2cccc(CSCCOCCC(=O)NC(CO)(CO)CO)c2)c(-c2cc(C(=O)NCc3cccc(C(F)(F)F)c3)ccn2)c1. The predicted octanol–water partition coefficient (Wildman–Crippen LogP) is 5.27. The second-order valence-corrected chi connectivity index (χ2v) is 14.2. The van der Waals surface area contributed by atoms with Crippen molar-refractivity contribution in [1.82, 2.24) is 15.6 Å². The van der Waals surface area contributed by atoms with Crippen LogP contribution >= 0.6 is 11.8 Å². The van der Waals surface area contributed by atoms with E-state index in [0.29, 0.717) is 46.2 Å². The fourth-order valence-electron chi connectivity index (χ4n) is 5.70. The molecule has 0 aliphatic carbocycles. The van der Waals surface area contributed by atoms with E-state index in [2.05, 4.69) is 25.8 Å². The van der Waals surface area contributed by atoms with Crippen LogP contribution in [0.5, 0.6) is 0 Å². The van der Waals surface area contributed by atoms with Gasteiger partial charge in [-0.3, -0.25) is 19.4 Å². The minimum atomic E-state index is -4.50. The number of alkyl halides is 3. The number of carbonyl (C=O) groups is 3. The van der Waals surface area contributed by atoms with Crippen molar-refractivity contribution in [3.63, 3.8) is 0 Å². The summed E-state index contributed by atoms with van der Waals surface area (Å²) in [5.41, 5.74) is 1.91. The van der Waals surface area contributed by atoms with Gasteiger partial charge in [0, 0.05) is 66.1 Å². The summed E-state index contributed by atoms with van der Waals surface area (Å²) in [6.45, 7) is 4.05. The van der Waals surface area contributed by atoms with Gasteiger partial charge in [-0.2, -0.15) is 24.9 Å². The van der Waals surface area contributed by atoms with E-state index < -0.39 is 48.9 Å². The molecule has 0 unspecified atom stereocenters. The number of nitrogens with one attached hydrogen (secondary N) is 3. The Morgan fingerprint density at radius 2 is 1.53 bits per heavy atom. The largest absolute Gasteiger partial charge is 0.416 e. The summed E-state index contributed by atoms with van der Waals surface area (Å²) in [6, 6.07) is 20.6. The van der Waals surface area contributed by atoms with E-state index in [4.69, 9.17) is 4.74 Å². The first-order valence-corrected chi connectivity index (χ1v) is 19.5. The first kappa shape index (κ1) is 44.7. The molecular weight excluding hydrogens is 764 g/mol. The zero-order chi connectivity index (χ0) is 41.4. The average molecular weight is 812 g/mol. The van der Waals surface area contributed by atoms with Gasteiger partial charge in [-0.25, -0.2) is 0 Å². The molecule has 1 aromatic heterocycles. The fourth-order valence-corrected chi connectivity index (χ4v) is 6.49. The number of benzene rings is 3. The highest BCUT2D eigenvalue weighted by molar-refractivity contribution is 7.98. The average Bonchev–Trinajstić information content (AvgIpc) is 3.22. The number of aromatic nitrogens is 1. The van der Waals surface area contributed by atoms with Crippen LogP contribution in [-0.2, 0) is 28.0 Å². The number of ether oxygens (including phenoxy) is 1. The second kappa shape index (κ2) is 21.5. The van der Waals surface area contributed by atoms with Gasteiger partial charge in [-0.05, 0) is 79.6 Å². The van der Waals surface area contributed by atoms with Crippen LogP contribution < -0.4 is 20.9 Å². The highest BCUT2D eigenvalue weighted by Crippen LogP contribution is 2.33. The van der Waals surface area contributed by atoms with Crippen molar-refractivity contribution in [2.75, 3.05) is 62.1 Å². The molecule has 57 heavy (non-hydrogen) atoms. The maximum absolute atomic E-state index is 13.6. The van der Waals surface area contributed by atoms with E-state index >= 15 is 0 Å². The number of hydrogen-bond donors (Lipinski definition) is 6. The molecule has 0 aliphatic rings. The Balaban J connectivity index is 1.40. The van der Waals surface area contributed by atoms with E-state index in [1.807, 2.05) is 32.0 Å². The lowest BCUT2D eigenvalue weighted by atomic mass is 10.0. The number of halogens is 3. The Labute approximate surface area is 333 Å². The van der Waals surface area contributed by atoms with Crippen LogP contribution in [-0.4, -0.2) is 95.4 Å². The van der Waals surface area contributed by atoms with E-state index in [9.17, 15) is 42.9 Å². The normalized spacial score (nSPS) is 11.6. The number of amides is 3. The maximum atomic E-state index is 13.6. The summed E-state index contributed by atoms with van der Waals surface area (Å²) in [5, 5.41) is 36.2. The molecule has 3 aromatic carbocycles. The Morgan fingerprint density at radius 3 is 2.23 bits per heavy atom. The summed E-state index contributed by atoms with van der Waals surface area (Å²) in [5.74, 6) is -0.123. The number of pyridine rings is 1. The number of rotatable bonds is 21. The lowest BCUT2D eigenvalue weighted by Gasteiger charge is -2.28. The Bertz CT molecular complexity index is 1950. The molecule has 0 fully saturated rings. The molecule has 3 amide bonds. The minimum absolute atomic E-state index is 0.00726. The number of carbonyl (C=O) groups excluding carboxylic acids is 3. The van der Waals surface area contributed by atoms with Crippen molar-refractivity contribution in [1.29, 1.82) is 0 Å². The van der Waals surface area contributed by atoms with Crippen LogP contribution in [0, 0.1) is 0 Å². The number of aliphatic hydroxyl groups is 3. The van der Waals surface area contributed by atoms with Crippen LogP contribution in [0.3, 0.4) is 0 Å². The van der Waals surface area contributed by atoms with Crippen LogP contribution in [0.1, 0.15) is 57.7 Å².